The van der Waals surface area contributed by atoms with Crippen molar-refractivity contribution in [3.8, 4) is 0 Å². The predicted octanol–water partition coefficient (Wildman–Crippen LogP) is 1.72. The first-order valence-electron chi connectivity index (χ1n) is 6.73. The van der Waals surface area contributed by atoms with Crippen LogP contribution < -0.4 is 11.1 Å². The molecule has 20 heavy (non-hydrogen) atoms. The zero-order valence-electron chi connectivity index (χ0n) is 11.3. The number of carbonyl (C=O) groups excluding carboxylic acids is 1. The topological polar surface area (TPSA) is 77.2 Å². The van der Waals surface area contributed by atoms with Crippen molar-refractivity contribution in [3.63, 3.8) is 0 Å². The van der Waals surface area contributed by atoms with Gasteiger partial charge in [0.05, 0.1) is 17.7 Å². The van der Waals surface area contributed by atoms with Crippen LogP contribution in [0.25, 0.3) is 10.9 Å². The fraction of sp³-hybridized carbons (Fsp3) is 0.333. The molecule has 0 bridgehead atoms. The van der Waals surface area contributed by atoms with Crippen molar-refractivity contribution in [2.45, 2.75) is 25.5 Å². The van der Waals surface area contributed by atoms with E-state index in [1.54, 1.807) is 6.07 Å². The lowest BCUT2D eigenvalue weighted by molar-refractivity contribution is 0.0862. The first-order valence-corrected chi connectivity index (χ1v) is 6.73. The highest BCUT2D eigenvalue weighted by Gasteiger charge is 2.26. The van der Waals surface area contributed by atoms with Gasteiger partial charge in [0.25, 0.3) is 5.91 Å². The molecule has 2 atom stereocenters. The van der Waals surface area contributed by atoms with Gasteiger partial charge < -0.3 is 15.8 Å². The molecule has 1 saturated heterocycles. The third-order valence-corrected chi connectivity index (χ3v) is 3.67. The number of amides is 1. The highest BCUT2D eigenvalue weighted by molar-refractivity contribution is 5.99. The normalized spacial score (nSPS) is 22.1. The van der Waals surface area contributed by atoms with Crippen molar-refractivity contribution >= 4 is 22.5 Å². The Morgan fingerprint density at radius 1 is 1.45 bits per heavy atom. The molecule has 1 amide bonds. The van der Waals surface area contributed by atoms with E-state index in [0.29, 0.717) is 18.0 Å². The van der Waals surface area contributed by atoms with Crippen molar-refractivity contribution in [3.05, 3.63) is 36.0 Å². The average molecular weight is 271 g/mol. The predicted molar refractivity (Wildman–Crippen MR) is 77.4 cm³/mol. The Balaban J connectivity index is 1.88. The number of nitrogens with one attached hydrogen (secondary N) is 1. The van der Waals surface area contributed by atoms with E-state index in [4.69, 9.17) is 10.5 Å². The summed E-state index contributed by atoms with van der Waals surface area (Å²) in [5.41, 5.74) is 7.63. The summed E-state index contributed by atoms with van der Waals surface area (Å²) in [5, 5.41) is 3.82. The van der Waals surface area contributed by atoms with Gasteiger partial charge in [-0.1, -0.05) is 18.2 Å². The Morgan fingerprint density at radius 2 is 2.25 bits per heavy atom. The number of hydrogen-bond acceptors (Lipinski definition) is 4. The number of carbonyl (C=O) groups is 1. The van der Waals surface area contributed by atoms with Crippen LogP contribution in [0, 0.1) is 0 Å². The zero-order valence-corrected chi connectivity index (χ0v) is 11.3. The number of anilines is 1. The van der Waals surface area contributed by atoms with E-state index in [-0.39, 0.29) is 18.1 Å². The number of ether oxygens (including phenoxy) is 1. The molecule has 2 aromatic rings. The van der Waals surface area contributed by atoms with Gasteiger partial charge in [0, 0.05) is 17.7 Å². The van der Waals surface area contributed by atoms with Gasteiger partial charge in [-0.2, -0.15) is 0 Å². The van der Waals surface area contributed by atoms with E-state index < -0.39 is 0 Å². The van der Waals surface area contributed by atoms with Crippen molar-refractivity contribution in [1.29, 1.82) is 0 Å². The van der Waals surface area contributed by atoms with E-state index >= 15 is 0 Å². The molecule has 1 aliphatic rings. The third kappa shape index (κ3) is 2.32. The van der Waals surface area contributed by atoms with E-state index in [0.717, 1.165) is 17.3 Å². The largest absolute Gasteiger partial charge is 0.398 e. The number of rotatable bonds is 2. The highest BCUT2D eigenvalue weighted by Crippen LogP contribution is 2.20. The lowest BCUT2D eigenvalue weighted by Gasteiger charge is -2.16. The summed E-state index contributed by atoms with van der Waals surface area (Å²) in [5.74, 6) is -0.204. The number of nitrogen functional groups attached to an aromatic ring is 1. The number of pyridine rings is 1. The van der Waals surface area contributed by atoms with E-state index in [1.165, 1.54) is 0 Å². The van der Waals surface area contributed by atoms with Crippen LogP contribution in [-0.4, -0.2) is 29.6 Å². The smallest absolute Gasteiger partial charge is 0.270 e. The fourth-order valence-electron chi connectivity index (χ4n) is 2.48. The van der Waals surface area contributed by atoms with Crippen LogP contribution in [-0.2, 0) is 4.74 Å². The summed E-state index contributed by atoms with van der Waals surface area (Å²) in [6.07, 6.45) is 0.868. The van der Waals surface area contributed by atoms with Gasteiger partial charge in [-0.3, -0.25) is 4.79 Å². The number of para-hydroxylation sites is 1. The first kappa shape index (κ1) is 12.9. The van der Waals surface area contributed by atoms with Crippen LogP contribution in [0.1, 0.15) is 23.8 Å². The van der Waals surface area contributed by atoms with Crippen LogP contribution >= 0.6 is 0 Å². The maximum Gasteiger partial charge on any atom is 0.270 e. The molecule has 1 aliphatic heterocycles. The molecular formula is C15H17N3O2. The lowest BCUT2D eigenvalue weighted by Crippen LogP contribution is -2.39. The van der Waals surface area contributed by atoms with E-state index in [9.17, 15) is 4.79 Å². The molecule has 0 spiro atoms. The molecule has 0 radical (unpaired) electrons. The first-order chi connectivity index (χ1) is 9.65. The molecule has 3 rings (SSSR count). The molecule has 2 heterocycles. The zero-order chi connectivity index (χ0) is 14.1. The van der Waals surface area contributed by atoms with Gasteiger partial charge in [0.15, 0.2) is 0 Å². The summed E-state index contributed by atoms with van der Waals surface area (Å²) < 4.78 is 5.44. The molecular weight excluding hydrogens is 254 g/mol. The molecule has 0 aliphatic carbocycles. The highest BCUT2D eigenvalue weighted by atomic mass is 16.5. The quantitative estimate of drug-likeness (QED) is 0.872. The molecule has 1 aromatic carbocycles. The number of benzene rings is 1. The van der Waals surface area contributed by atoms with E-state index in [2.05, 4.69) is 10.3 Å². The molecule has 3 N–H and O–H groups in total. The Kier molecular flexibility index (Phi) is 3.28. The second-order valence-corrected chi connectivity index (χ2v) is 5.06. The number of fused-ring (bicyclic) bond motifs is 1. The van der Waals surface area contributed by atoms with Crippen LogP contribution in [0.5, 0.6) is 0 Å². The Morgan fingerprint density at radius 3 is 3.00 bits per heavy atom. The van der Waals surface area contributed by atoms with Gasteiger partial charge in [0.1, 0.15) is 5.69 Å². The number of nitrogens with zero attached hydrogens (tertiary/aromatic N) is 1. The van der Waals surface area contributed by atoms with Crippen LogP contribution in [0.4, 0.5) is 5.69 Å². The van der Waals surface area contributed by atoms with Crippen LogP contribution in [0.15, 0.2) is 30.3 Å². The second-order valence-electron chi connectivity index (χ2n) is 5.06. The van der Waals surface area contributed by atoms with Crippen molar-refractivity contribution in [2.24, 2.45) is 0 Å². The van der Waals surface area contributed by atoms with Crippen LogP contribution in [0.3, 0.4) is 0 Å². The third-order valence-electron chi connectivity index (χ3n) is 3.67. The minimum absolute atomic E-state index is 0.0387. The Labute approximate surface area is 117 Å². The molecule has 5 heteroatoms. The lowest BCUT2D eigenvalue weighted by atomic mass is 10.1. The molecule has 2 unspecified atom stereocenters. The molecule has 1 aromatic heterocycles. The number of aromatic nitrogens is 1. The molecule has 5 nitrogen and oxygen atoms in total. The summed E-state index contributed by atoms with van der Waals surface area (Å²) >= 11 is 0. The minimum Gasteiger partial charge on any atom is -0.398 e. The van der Waals surface area contributed by atoms with E-state index in [1.807, 2.05) is 31.2 Å². The van der Waals surface area contributed by atoms with Crippen LogP contribution in [0.2, 0.25) is 0 Å². The minimum atomic E-state index is -0.204. The maximum atomic E-state index is 12.3. The van der Waals surface area contributed by atoms with Crippen molar-refractivity contribution in [1.82, 2.24) is 10.3 Å². The Hall–Kier alpha value is -2.14. The van der Waals surface area contributed by atoms with Gasteiger partial charge >= 0.3 is 0 Å². The summed E-state index contributed by atoms with van der Waals surface area (Å²) in [6, 6.07) is 9.19. The average Bonchev–Trinajstić information content (AvgIpc) is 2.84. The second kappa shape index (κ2) is 5.09. The SMILES string of the molecule is CC1OCCC1NC(=O)c1cc(N)c2ccccc2n1. The monoisotopic (exact) mass is 271 g/mol. The Bertz CT molecular complexity index is 657. The van der Waals surface area contributed by atoms with Crippen molar-refractivity contribution in [2.75, 3.05) is 12.3 Å². The standard InChI is InChI=1S/C15H17N3O2/c1-9-12(6-7-20-9)18-15(19)14-8-11(16)10-4-2-3-5-13(10)17-14/h2-5,8-9,12H,6-7H2,1H3,(H2,16,17)(H,18,19). The van der Waals surface area contributed by atoms with Gasteiger partial charge in [-0.25, -0.2) is 4.98 Å². The summed E-state index contributed by atoms with van der Waals surface area (Å²) in [4.78, 5) is 16.6. The van der Waals surface area contributed by atoms with Gasteiger partial charge in [-0.05, 0) is 25.5 Å². The van der Waals surface area contributed by atoms with Gasteiger partial charge in [-0.15, -0.1) is 0 Å². The number of nitrogens with two attached hydrogens (primary N) is 1. The molecule has 0 saturated carbocycles. The van der Waals surface area contributed by atoms with Crippen molar-refractivity contribution < 1.29 is 9.53 Å². The summed E-state index contributed by atoms with van der Waals surface area (Å²) in [6.45, 7) is 2.64. The molecule has 1 fully saturated rings. The molecule has 104 valence electrons. The number of hydrogen-bond donors (Lipinski definition) is 2. The fourth-order valence-corrected chi connectivity index (χ4v) is 2.48. The van der Waals surface area contributed by atoms with Gasteiger partial charge in [0.2, 0.25) is 0 Å². The maximum absolute atomic E-state index is 12.3. The summed E-state index contributed by atoms with van der Waals surface area (Å²) in [7, 11) is 0.